The van der Waals surface area contributed by atoms with Gasteiger partial charge in [0.2, 0.25) is 0 Å². The number of aromatic nitrogens is 1. The van der Waals surface area contributed by atoms with Gasteiger partial charge in [0.05, 0.1) is 16.2 Å². The standard InChI is InChI=1S/C8H8N2O4/c1-4-7(10(13)14)3-6(5(2)11)8(12)9-4/h3H,1-2H3,(H,9,12). The van der Waals surface area contributed by atoms with E-state index in [9.17, 15) is 19.7 Å². The Kier molecular flexibility index (Phi) is 2.46. The topological polar surface area (TPSA) is 93.1 Å². The van der Waals surface area contributed by atoms with Gasteiger partial charge < -0.3 is 4.98 Å². The van der Waals surface area contributed by atoms with E-state index in [1.807, 2.05) is 0 Å². The third-order valence-electron chi connectivity index (χ3n) is 1.79. The van der Waals surface area contributed by atoms with Crippen LogP contribution in [0.5, 0.6) is 0 Å². The van der Waals surface area contributed by atoms with Crippen molar-refractivity contribution in [3.63, 3.8) is 0 Å². The summed E-state index contributed by atoms with van der Waals surface area (Å²) in [6.07, 6.45) is 0. The van der Waals surface area contributed by atoms with Crippen molar-refractivity contribution in [2.45, 2.75) is 13.8 Å². The molecule has 0 atom stereocenters. The fourth-order valence-corrected chi connectivity index (χ4v) is 1.06. The minimum Gasteiger partial charge on any atom is -0.320 e. The summed E-state index contributed by atoms with van der Waals surface area (Å²) in [5.74, 6) is -0.491. The molecule has 0 radical (unpaired) electrons. The predicted molar refractivity (Wildman–Crippen MR) is 48.5 cm³/mol. The summed E-state index contributed by atoms with van der Waals surface area (Å²) in [6.45, 7) is 2.59. The predicted octanol–water partition coefficient (Wildman–Crippen LogP) is 0.794. The van der Waals surface area contributed by atoms with Crippen molar-refractivity contribution in [3.8, 4) is 0 Å². The van der Waals surface area contributed by atoms with Crippen LogP contribution in [-0.2, 0) is 0 Å². The van der Waals surface area contributed by atoms with Crippen molar-refractivity contribution in [3.05, 3.63) is 37.8 Å². The fourth-order valence-electron chi connectivity index (χ4n) is 1.06. The number of aryl methyl sites for hydroxylation is 1. The molecule has 0 aromatic carbocycles. The molecule has 1 rings (SSSR count). The van der Waals surface area contributed by atoms with E-state index in [2.05, 4.69) is 4.98 Å². The first kappa shape index (κ1) is 10.1. The first-order chi connectivity index (χ1) is 6.43. The van der Waals surface area contributed by atoms with E-state index >= 15 is 0 Å². The Bertz CT molecular complexity index is 461. The number of nitrogens with zero attached hydrogens (tertiary/aromatic N) is 1. The summed E-state index contributed by atoms with van der Waals surface area (Å²) < 4.78 is 0. The Balaban J connectivity index is 3.50. The summed E-state index contributed by atoms with van der Waals surface area (Å²) >= 11 is 0. The van der Waals surface area contributed by atoms with Crippen molar-refractivity contribution in [1.82, 2.24) is 4.98 Å². The largest absolute Gasteiger partial charge is 0.320 e. The van der Waals surface area contributed by atoms with E-state index in [1.165, 1.54) is 13.8 Å². The first-order valence-electron chi connectivity index (χ1n) is 3.82. The summed E-state index contributed by atoms with van der Waals surface area (Å²) in [7, 11) is 0. The first-order valence-corrected chi connectivity index (χ1v) is 3.82. The maximum Gasteiger partial charge on any atom is 0.289 e. The normalized spacial score (nSPS) is 9.86. The van der Waals surface area contributed by atoms with Crippen LogP contribution < -0.4 is 5.56 Å². The summed E-state index contributed by atoms with van der Waals surface area (Å²) in [5.41, 5.74) is -0.900. The molecule has 0 aliphatic carbocycles. The van der Waals surface area contributed by atoms with E-state index in [0.717, 1.165) is 6.07 Å². The van der Waals surface area contributed by atoms with Gasteiger partial charge in [0.25, 0.3) is 11.2 Å². The second kappa shape index (κ2) is 3.41. The van der Waals surface area contributed by atoms with Crippen LogP contribution in [0.2, 0.25) is 0 Å². The highest BCUT2D eigenvalue weighted by Crippen LogP contribution is 2.14. The van der Waals surface area contributed by atoms with Crippen LogP contribution in [0, 0.1) is 17.0 Å². The monoisotopic (exact) mass is 196 g/mol. The highest BCUT2D eigenvalue weighted by Gasteiger charge is 2.16. The minimum atomic E-state index is -0.641. The molecule has 0 amide bonds. The zero-order valence-electron chi connectivity index (χ0n) is 7.66. The molecule has 74 valence electrons. The zero-order valence-corrected chi connectivity index (χ0v) is 7.66. The molecule has 0 saturated carbocycles. The molecule has 0 bridgehead atoms. The molecule has 0 unspecified atom stereocenters. The number of H-pyrrole nitrogens is 1. The SMILES string of the molecule is CC(=O)c1cc([N+](=O)[O-])c(C)[nH]c1=O. The Hall–Kier alpha value is -1.98. The lowest BCUT2D eigenvalue weighted by atomic mass is 10.1. The molecule has 1 N–H and O–H groups in total. The molecule has 0 aliphatic heterocycles. The van der Waals surface area contributed by atoms with Gasteiger partial charge in [-0.3, -0.25) is 19.7 Å². The molecule has 0 spiro atoms. The molecule has 0 saturated heterocycles. The quantitative estimate of drug-likeness (QED) is 0.430. The van der Waals surface area contributed by atoms with Crippen LogP contribution >= 0.6 is 0 Å². The molecule has 1 aromatic heterocycles. The van der Waals surface area contributed by atoms with Crippen LogP contribution in [0.25, 0.3) is 0 Å². The Labute approximate surface area is 78.7 Å². The Morgan fingerprint density at radius 2 is 2.14 bits per heavy atom. The van der Waals surface area contributed by atoms with E-state index in [-0.39, 0.29) is 16.9 Å². The lowest BCUT2D eigenvalue weighted by Crippen LogP contribution is -2.17. The summed E-state index contributed by atoms with van der Waals surface area (Å²) in [5, 5.41) is 10.5. The number of hydrogen-bond acceptors (Lipinski definition) is 4. The third kappa shape index (κ3) is 1.68. The summed E-state index contributed by atoms with van der Waals surface area (Å²) in [4.78, 5) is 34.2. The number of hydrogen-bond donors (Lipinski definition) is 1. The Morgan fingerprint density at radius 1 is 1.57 bits per heavy atom. The zero-order chi connectivity index (χ0) is 10.9. The molecule has 1 aromatic rings. The van der Waals surface area contributed by atoms with Crippen LogP contribution in [0.3, 0.4) is 0 Å². The lowest BCUT2D eigenvalue weighted by Gasteiger charge is -1.98. The molecule has 6 heteroatoms. The second-order valence-corrected chi connectivity index (χ2v) is 2.84. The number of ketones is 1. The number of rotatable bonds is 2. The molecular formula is C8H8N2O4. The molecule has 1 heterocycles. The number of carbonyl (C=O) groups excluding carboxylic acids is 1. The van der Waals surface area contributed by atoms with E-state index < -0.39 is 16.3 Å². The average molecular weight is 196 g/mol. The van der Waals surface area contributed by atoms with E-state index in [0.29, 0.717) is 0 Å². The molecule has 6 nitrogen and oxygen atoms in total. The van der Waals surface area contributed by atoms with Crippen molar-refractivity contribution in [1.29, 1.82) is 0 Å². The summed E-state index contributed by atoms with van der Waals surface area (Å²) in [6, 6.07) is 0.997. The van der Waals surface area contributed by atoms with Crippen molar-refractivity contribution >= 4 is 11.5 Å². The van der Waals surface area contributed by atoms with Crippen molar-refractivity contribution in [2.24, 2.45) is 0 Å². The average Bonchev–Trinajstić information content (AvgIpc) is 2.02. The fraction of sp³-hybridized carbons (Fsp3) is 0.250. The van der Waals surface area contributed by atoms with Gasteiger partial charge in [-0.25, -0.2) is 0 Å². The molecule has 0 aliphatic rings. The van der Waals surface area contributed by atoms with Gasteiger partial charge in [0.1, 0.15) is 0 Å². The highest BCUT2D eigenvalue weighted by atomic mass is 16.6. The van der Waals surface area contributed by atoms with Crippen LogP contribution in [0.15, 0.2) is 10.9 Å². The van der Waals surface area contributed by atoms with Gasteiger partial charge in [0.15, 0.2) is 5.78 Å². The van der Waals surface area contributed by atoms with E-state index in [4.69, 9.17) is 0 Å². The van der Waals surface area contributed by atoms with Crippen LogP contribution in [0.1, 0.15) is 23.0 Å². The number of Topliss-reactive ketones (excluding diaryl/α,β-unsaturated/α-hetero) is 1. The third-order valence-corrected chi connectivity index (χ3v) is 1.79. The second-order valence-electron chi connectivity index (χ2n) is 2.84. The van der Waals surface area contributed by atoms with Gasteiger partial charge in [-0.05, 0) is 13.8 Å². The van der Waals surface area contributed by atoms with Gasteiger partial charge in [-0.1, -0.05) is 0 Å². The van der Waals surface area contributed by atoms with Crippen molar-refractivity contribution < 1.29 is 9.72 Å². The van der Waals surface area contributed by atoms with E-state index in [1.54, 1.807) is 0 Å². The molecular weight excluding hydrogens is 188 g/mol. The van der Waals surface area contributed by atoms with Gasteiger partial charge >= 0.3 is 0 Å². The highest BCUT2D eigenvalue weighted by molar-refractivity contribution is 5.94. The minimum absolute atomic E-state index is 0.144. The number of pyridine rings is 1. The molecule has 14 heavy (non-hydrogen) atoms. The maximum atomic E-state index is 11.2. The van der Waals surface area contributed by atoms with Gasteiger partial charge in [0, 0.05) is 6.07 Å². The number of nitro groups is 1. The lowest BCUT2D eigenvalue weighted by molar-refractivity contribution is -0.385. The number of aromatic amines is 1. The Morgan fingerprint density at radius 3 is 2.57 bits per heavy atom. The number of carbonyl (C=O) groups is 1. The van der Waals surface area contributed by atoms with Gasteiger partial charge in [-0.2, -0.15) is 0 Å². The molecule has 0 fully saturated rings. The number of nitrogens with one attached hydrogen (secondary N) is 1. The smallest absolute Gasteiger partial charge is 0.289 e. The van der Waals surface area contributed by atoms with Crippen molar-refractivity contribution in [2.75, 3.05) is 0 Å². The maximum absolute atomic E-state index is 11.2. The van der Waals surface area contributed by atoms with Gasteiger partial charge in [-0.15, -0.1) is 0 Å². The van der Waals surface area contributed by atoms with Crippen LogP contribution in [0.4, 0.5) is 5.69 Å². The van der Waals surface area contributed by atoms with Crippen LogP contribution in [-0.4, -0.2) is 15.7 Å².